The lowest BCUT2D eigenvalue weighted by Gasteiger charge is -2.06. The monoisotopic (exact) mass is 304 g/mol. The molecule has 0 aliphatic carbocycles. The van der Waals surface area contributed by atoms with Gasteiger partial charge in [0.2, 0.25) is 5.91 Å². The maximum absolute atomic E-state index is 11.7. The van der Waals surface area contributed by atoms with Crippen molar-refractivity contribution in [2.45, 2.75) is 18.4 Å². The smallest absolute Gasteiger partial charge is 0.321 e. The first-order valence-corrected chi connectivity index (χ1v) is 7.59. The average molecular weight is 304 g/mol. The number of amides is 3. The highest BCUT2D eigenvalue weighted by Crippen LogP contribution is 2.23. The molecule has 0 aliphatic heterocycles. The fourth-order valence-electron chi connectivity index (χ4n) is 1.67. The Morgan fingerprint density at radius 1 is 1.24 bits per heavy atom. The molecule has 2 aromatic rings. The molecule has 1 aromatic heterocycles. The van der Waals surface area contributed by atoms with Gasteiger partial charge in [-0.1, -0.05) is 36.9 Å². The molecule has 2 rings (SSSR count). The number of nitrogens with one attached hydrogen (secondary N) is 2. The van der Waals surface area contributed by atoms with Crippen molar-refractivity contribution in [3.05, 3.63) is 30.6 Å². The Kier molecular flexibility index (Phi) is 5.51. The fraction of sp³-hybridized carbons (Fsp3) is 0.286. The molecule has 1 heterocycles. The summed E-state index contributed by atoms with van der Waals surface area (Å²) in [6, 6.07) is 7.13. The Morgan fingerprint density at radius 3 is 2.86 bits per heavy atom. The first-order chi connectivity index (χ1) is 10.2. The predicted molar refractivity (Wildman–Crippen MR) is 82.1 cm³/mol. The van der Waals surface area contributed by atoms with Crippen LogP contribution in [0.25, 0.3) is 10.9 Å². The third kappa shape index (κ3) is 4.42. The van der Waals surface area contributed by atoms with Gasteiger partial charge < -0.3 is 5.32 Å². The second-order valence-electron chi connectivity index (χ2n) is 4.29. The lowest BCUT2D eigenvalue weighted by Crippen LogP contribution is -2.40. The number of carbonyl (C=O) groups excluding carboxylic acids is 2. The molecule has 0 bridgehead atoms. The molecule has 0 atom stereocenters. The minimum atomic E-state index is -0.463. The highest BCUT2D eigenvalue weighted by atomic mass is 32.2. The van der Waals surface area contributed by atoms with Gasteiger partial charge in [-0.2, -0.15) is 0 Å². The maximum Gasteiger partial charge on any atom is 0.321 e. The molecule has 21 heavy (non-hydrogen) atoms. The summed E-state index contributed by atoms with van der Waals surface area (Å²) >= 11 is 1.28. The van der Waals surface area contributed by atoms with Crippen molar-refractivity contribution < 1.29 is 9.59 Å². The molecule has 0 aliphatic rings. The molecule has 0 saturated carbocycles. The van der Waals surface area contributed by atoms with Crippen LogP contribution in [-0.4, -0.2) is 34.2 Å². The van der Waals surface area contributed by atoms with Crippen molar-refractivity contribution in [1.29, 1.82) is 0 Å². The molecule has 0 unspecified atom stereocenters. The molecule has 2 N–H and O–H groups in total. The number of nitrogens with zero attached hydrogens (tertiary/aromatic N) is 2. The van der Waals surface area contributed by atoms with Crippen LogP contribution in [0.15, 0.2) is 35.6 Å². The van der Waals surface area contributed by atoms with Crippen LogP contribution in [0.2, 0.25) is 0 Å². The first kappa shape index (κ1) is 15.2. The summed E-state index contributed by atoms with van der Waals surface area (Å²) in [5, 5.41) is 6.49. The first-order valence-electron chi connectivity index (χ1n) is 6.61. The average Bonchev–Trinajstić information content (AvgIpc) is 2.51. The second-order valence-corrected chi connectivity index (χ2v) is 5.25. The number of hydrogen-bond acceptors (Lipinski definition) is 5. The number of urea groups is 1. The van der Waals surface area contributed by atoms with Crippen LogP contribution in [0.3, 0.4) is 0 Å². The molecule has 6 nitrogen and oxygen atoms in total. The van der Waals surface area contributed by atoms with E-state index in [0.29, 0.717) is 6.54 Å². The largest absolute Gasteiger partial charge is 0.338 e. The van der Waals surface area contributed by atoms with Gasteiger partial charge in [-0.25, -0.2) is 14.8 Å². The Balaban J connectivity index is 1.93. The minimum absolute atomic E-state index is 0.126. The summed E-state index contributed by atoms with van der Waals surface area (Å²) < 4.78 is 0. The summed E-state index contributed by atoms with van der Waals surface area (Å²) in [6.07, 6.45) is 2.29. The molecular formula is C14H16N4O2S. The number of aromatic nitrogens is 2. The van der Waals surface area contributed by atoms with Crippen LogP contribution < -0.4 is 10.6 Å². The number of benzene rings is 1. The van der Waals surface area contributed by atoms with Crippen LogP contribution in [0.5, 0.6) is 0 Å². The molecule has 0 radical (unpaired) electrons. The van der Waals surface area contributed by atoms with Gasteiger partial charge in [0.25, 0.3) is 0 Å². The Morgan fingerprint density at radius 2 is 2.05 bits per heavy atom. The number of hydrogen-bond donors (Lipinski definition) is 2. The third-order valence-electron chi connectivity index (χ3n) is 2.63. The Hall–Kier alpha value is -2.15. The summed E-state index contributed by atoms with van der Waals surface area (Å²) in [5.74, 6) is -0.225. The number of thioether (sulfide) groups is 1. The van der Waals surface area contributed by atoms with Crippen LogP contribution in [0, 0.1) is 0 Å². The van der Waals surface area contributed by atoms with Gasteiger partial charge in [-0.15, -0.1) is 0 Å². The van der Waals surface area contributed by atoms with Gasteiger partial charge in [-0.3, -0.25) is 10.1 Å². The highest BCUT2D eigenvalue weighted by Gasteiger charge is 2.10. The van der Waals surface area contributed by atoms with Gasteiger partial charge in [0, 0.05) is 11.9 Å². The van der Waals surface area contributed by atoms with Crippen LogP contribution in [-0.2, 0) is 4.79 Å². The summed E-state index contributed by atoms with van der Waals surface area (Å²) in [6.45, 7) is 2.49. The van der Waals surface area contributed by atoms with E-state index in [-0.39, 0.29) is 11.7 Å². The fourth-order valence-corrected chi connectivity index (χ4v) is 2.46. The van der Waals surface area contributed by atoms with E-state index in [2.05, 4.69) is 20.6 Å². The summed E-state index contributed by atoms with van der Waals surface area (Å²) in [7, 11) is 0. The van der Waals surface area contributed by atoms with E-state index < -0.39 is 6.03 Å². The SMILES string of the molecule is CCCNC(=O)NC(=O)CSc1ncnc2ccccc12. The number of rotatable bonds is 5. The van der Waals surface area contributed by atoms with Crippen molar-refractivity contribution in [2.24, 2.45) is 0 Å². The molecular weight excluding hydrogens is 288 g/mol. The van der Waals surface area contributed by atoms with Gasteiger partial charge in [-0.05, 0) is 12.5 Å². The van der Waals surface area contributed by atoms with Crippen molar-refractivity contribution in [2.75, 3.05) is 12.3 Å². The maximum atomic E-state index is 11.7. The predicted octanol–water partition coefficient (Wildman–Crippen LogP) is 1.96. The highest BCUT2D eigenvalue weighted by molar-refractivity contribution is 8.00. The second kappa shape index (κ2) is 7.58. The van der Waals surface area contributed by atoms with E-state index >= 15 is 0 Å². The molecule has 0 fully saturated rings. The van der Waals surface area contributed by atoms with E-state index in [0.717, 1.165) is 22.3 Å². The molecule has 7 heteroatoms. The lowest BCUT2D eigenvalue weighted by atomic mass is 10.2. The minimum Gasteiger partial charge on any atom is -0.338 e. The van der Waals surface area contributed by atoms with Crippen molar-refractivity contribution in [3.8, 4) is 0 Å². The van der Waals surface area contributed by atoms with E-state index in [1.54, 1.807) is 0 Å². The third-order valence-corrected chi connectivity index (χ3v) is 3.64. The topological polar surface area (TPSA) is 84.0 Å². The number of fused-ring (bicyclic) bond motifs is 1. The molecule has 3 amide bonds. The van der Waals surface area contributed by atoms with Crippen molar-refractivity contribution in [1.82, 2.24) is 20.6 Å². The van der Waals surface area contributed by atoms with Crippen LogP contribution in [0.1, 0.15) is 13.3 Å². The number of carbonyl (C=O) groups is 2. The molecule has 110 valence electrons. The number of para-hydroxylation sites is 1. The lowest BCUT2D eigenvalue weighted by molar-refractivity contribution is -0.117. The molecule has 0 saturated heterocycles. The van der Waals surface area contributed by atoms with E-state index in [9.17, 15) is 9.59 Å². The molecule has 0 spiro atoms. The van der Waals surface area contributed by atoms with Crippen molar-refractivity contribution >= 4 is 34.6 Å². The van der Waals surface area contributed by atoms with E-state index in [4.69, 9.17) is 0 Å². The van der Waals surface area contributed by atoms with Crippen molar-refractivity contribution in [3.63, 3.8) is 0 Å². The van der Waals surface area contributed by atoms with Gasteiger partial charge >= 0.3 is 6.03 Å². The van der Waals surface area contributed by atoms with E-state index in [1.165, 1.54) is 18.1 Å². The quantitative estimate of drug-likeness (QED) is 0.651. The van der Waals surface area contributed by atoms with Gasteiger partial charge in [0.05, 0.1) is 11.3 Å². The number of imide groups is 1. The zero-order valence-electron chi connectivity index (χ0n) is 11.6. The van der Waals surface area contributed by atoms with E-state index in [1.807, 2.05) is 31.2 Å². The standard InChI is InChI=1S/C14H16N4O2S/c1-2-7-15-14(20)18-12(19)8-21-13-10-5-3-4-6-11(10)16-9-17-13/h3-6,9H,2,7-8H2,1H3,(H2,15,18,19,20). The normalized spacial score (nSPS) is 10.3. The molecule has 1 aromatic carbocycles. The Labute approximate surface area is 126 Å². The van der Waals surface area contributed by atoms with Crippen LogP contribution in [0.4, 0.5) is 4.79 Å². The van der Waals surface area contributed by atoms with Gasteiger partial charge in [0.15, 0.2) is 0 Å². The summed E-state index contributed by atoms with van der Waals surface area (Å²) in [4.78, 5) is 31.4. The Bertz CT molecular complexity index is 642. The zero-order valence-corrected chi connectivity index (χ0v) is 12.4. The summed E-state index contributed by atoms with van der Waals surface area (Å²) in [5.41, 5.74) is 0.830. The van der Waals surface area contributed by atoms with Gasteiger partial charge in [0.1, 0.15) is 11.4 Å². The van der Waals surface area contributed by atoms with Crippen LogP contribution >= 0.6 is 11.8 Å². The zero-order chi connectivity index (χ0) is 15.1.